The Kier molecular flexibility index (Phi) is 2.83. The van der Waals surface area contributed by atoms with Crippen molar-refractivity contribution in [3.63, 3.8) is 0 Å². The van der Waals surface area contributed by atoms with E-state index in [1.165, 1.54) is 6.07 Å². The molecule has 5 heteroatoms. The van der Waals surface area contributed by atoms with E-state index in [4.69, 9.17) is 0 Å². The van der Waals surface area contributed by atoms with Gasteiger partial charge in [-0.3, -0.25) is 4.98 Å². The molecule has 1 aromatic carbocycles. The zero-order valence-corrected chi connectivity index (χ0v) is 8.77. The maximum absolute atomic E-state index is 13.4. The van der Waals surface area contributed by atoms with Crippen molar-refractivity contribution < 1.29 is 17.6 Å². The molecule has 17 heavy (non-hydrogen) atoms. The zero-order chi connectivity index (χ0) is 12.6. The van der Waals surface area contributed by atoms with Gasteiger partial charge in [-0.1, -0.05) is 6.07 Å². The van der Waals surface area contributed by atoms with E-state index in [0.29, 0.717) is 11.8 Å². The van der Waals surface area contributed by atoms with Crippen LogP contribution >= 0.6 is 0 Å². The maximum atomic E-state index is 13.4. The first kappa shape index (κ1) is 11.6. The molecule has 0 aliphatic carbocycles. The largest absolute Gasteiger partial charge is 0.253 e. The van der Waals surface area contributed by atoms with Gasteiger partial charge in [0.1, 0.15) is 0 Å². The van der Waals surface area contributed by atoms with Crippen LogP contribution in [0.3, 0.4) is 0 Å². The van der Waals surface area contributed by atoms with Crippen LogP contribution in [0.1, 0.15) is 5.69 Å². The fraction of sp³-hybridized carbons (Fsp3) is 0.0833. The second-order valence-corrected chi connectivity index (χ2v) is 3.51. The Morgan fingerprint density at radius 2 is 1.65 bits per heavy atom. The molecule has 0 amide bonds. The van der Waals surface area contributed by atoms with Crippen molar-refractivity contribution in [2.45, 2.75) is 6.92 Å². The lowest BCUT2D eigenvalue weighted by molar-refractivity contribution is 0.410. The molecule has 1 heterocycles. The Morgan fingerprint density at radius 1 is 0.941 bits per heavy atom. The van der Waals surface area contributed by atoms with Gasteiger partial charge in [0.15, 0.2) is 23.3 Å². The van der Waals surface area contributed by atoms with E-state index >= 15 is 0 Å². The van der Waals surface area contributed by atoms with E-state index in [9.17, 15) is 17.6 Å². The topological polar surface area (TPSA) is 12.9 Å². The minimum absolute atomic E-state index is 0.0558. The summed E-state index contributed by atoms with van der Waals surface area (Å²) in [5.41, 5.74) is 0.220. The molecule has 0 saturated heterocycles. The number of aromatic nitrogens is 1. The van der Waals surface area contributed by atoms with Crippen LogP contribution in [0, 0.1) is 30.2 Å². The van der Waals surface area contributed by atoms with Crippen molar-refractivity contribution in [1.82, 2.24) is 4.98 Å². The molecule has 0 fully saturated rings. The zero-order valence-electron chi connectivity index (χ0n) is 8.77. The summed E-state index contributed by atoms with van der Waals surface area (Å²) in [6.07, 6.45) is 0. The molecule has 1 aromatic heterocycles. The molecule has 0 radical (unpaired) electrons. The van der Waals surface area contributed by atoms with Gasteiger partial charge in [-0.05, 0) is 25.1 Å². The van der Waals surface area contributed by atoms with Crippen molar-refractivity contribution in [3.8, 4) is 11.3 Å². The monoisotopic (exact) mass is 241 g/mol. The third kappa shape index (κ3) is 2.00. The average Bonchev–Trinajstić information content (AvgIpc) is 2.31. The second kappa shape index (κ2) is 4.16. The number of hydrogen-bond acceptors (Lipinski definition) is 1. The Bertz CT molecular complexity index is 581. The molecule has 0 bridgehead atoms. The number of benzene rings is 1. The Hall–Kier alpha value is -1.91. The van der Waals surface area contributed by atoms with Crippen molar-refractivity contribution >= 4 is 0 Å². The van der Waals surface area contributed by atoms with Gasteiger partial charge in [0.2, 0.25) is 0 Å². The lowest BCUT2D eigenvalue weighted by Gasteiger charge is -2.05. The lowest BCUT2D eigenvalue weighted by atomic mass is 10.1. The number of halogens is 4. The number of rotatable bonds is 1. The van der Waals surface area contributed by atoms with Gasteiger partial charge in [0.25, 0.3) is 0 Å². The smallest absolute Gasteiger partial charge is 0.198 e. The van der Waals surface area contributed by atoms with E-state index in [-0.39, 0.29) is 5.69 Å². The van der Waals surface area contributed by atoms with E-state index < -0.39 is 28.8 Å². The summed E-state index contributed by atoms with van der Waals surface area (Å²) in [5.74, 6) is -6.54. The maximum Gasteiger partial charge on any atom is 0.198 e. The molecule has 2 rings (SSSR count). The van der Waals surface area contributed by atoms with Crippen LogP contribution in [0.5, 0.6) is 0 Å². The Labute approximate surface area is 94.7 Å². The van der Waals surface area contributed by atoms with Crippen LogP contribution in [0.25, 0.3) is 11.3 Å². The van der Waals surface area contributed by atoms with Gasteiger partial charge in [0.05, 0.1) is 5.69 Å². The van der Waals surface area contributed by atoms with Crippen molar-refractivity contribution in [3.05, 3.63) is 53.2 Å². The summed E-state index contributed by atoms with van der Waals surface area (Å²) >= 11 is 0. The molecule has 0 spiro atoms. The standard InChI is InChI=1S/C12H7F4N/c1-6-3-2-4-9(17-6)7-5-8(13)11(15)12(16)10(7)14/h2-5H,1H3. The van der Waals surface area contributed by atoms with Crippen molar-refractivity contribution in [2.75, 3.05) is 0 Å². The molecule has 2 aromatic rings. The van der Waals surface area contributed by atoms with Gasteiger partial charge in [-0.15, -0.1) is 0 Å². The van der Waals surface area contributed by atoms with Crippen LogP contribution in [0.15, 0.2) is 24.3 Å². The summed E-state index contributed by atoms with van der Waals surface area (Å²) in [4.78, 5) is 3.92. The normalized spacial score (nSPS) is 10.6. The minimum Gasteiger partial charge on any atom is -0.253 e. The van der Waals surface area contributed by atoms with Crippen LogP contribution in [-0.4, -0.2) is 4.98 Å². The van der Waals surface area contributed by atoms with E-state index in [0.717, 1.165) is 0 Å². The van der Waals surface area contributed by atoms with Crippen molar-refractivity contribution in [2.24, 2.45) is 0 Å². The van der Waals surface area contributed by atoms with Gasteiger partial charge in [-0.2, -0.15) is 0 Å². The summed E-state index contributed by atoms with van der Waals surface area (Å²) in [6.45, 7) is 1.65. The van der Waals surface area contributed by atoms with E-state index in [1.807, 2.05) is 0 Å². The highest BCUT2D eigenvalue weighted by Gasteiger charge is 2.20. The molecule has 0 atom stereocenters. The molecule has 0 saturated carbocycles. The fourth-order valence-corrected chi connectivity index (χ4v) is 1.45. The van der Waals surface area contributed by atoms with Gasteiger partial charge < -0.3 is 0 Å². The second-order valence-electron chi connectivity index (χ2n) is 3.51. The average molecular weight is 241 g/mol. The summed E-state index contributed by atoms with van der Waals surface area (Å²) in [7, 11) is 0. The number of hydrogen-bond donors (Lipinski definition) is 0. The van der Waals surface area contributed by atoms with Gasteiger partial charge in [-0.25, -0.2) is 17.6 Å². The van der Waals surface area contributed by atoms with Crippen molar-refractivity contribution in [1.29, 1.82) is 0 Å². The number of pyridine rings is 1. The molecule has 0 unspecified atom stereocenters. The van der Waals surface area contributed by atoms with Gasteiger partial charge >= 0.3 is 0 Å². The third-order valence-corrected chi connectivity index (χ3v) is 2.27. The van der Waals surface area contributed by atoms with Crippen LogP contribution in [0.2, 0.25) is 0 Å². The van der Waals surface area contributed by atoms with Gasteiger partial charge in [0, 0.05) is 11.3 Å². The molecule has 0 aliphatic heterocycles. The summed E-state index contributed by atoms with van der Waals surface area (Å²) in [6, 6.07) is 5.20. The lowest BCUT2D eigenvalue weighted by Crippen LogP contribution is -1.99. The van der Waals surface area contributed by atoms with Crippen LogP contribution in [0.4, 0.5) is 17.6 Å². The number of nitrogens with zero attached hydrogens (tertiary/aromatic N) is 1. The molecule has 0 aliphatic rings. The molecule has 88 valence electrons. The van der Waals surface area contributed by atoms with Crippen LogP contribution < -0.4 is 0 Å². The molecular weight excluding hydrogens is 234 g/mol. The van der Waals surface area contributed by atoms with Crippen LogP contribution in [-0.2, 0) is 0 Å². The first-order valence-electron chi connectivity index (χ1n) is 4.77. The SMILES string of the molecule is Cc1cccc(-c2cc(F)c(F)c(F)c2F)n1. The highest BCUT2D eigenvalue weighted by atomic mass is 19.2. The highest BCUT2D eigenvalue weighted by Crippen LogP contribution is 2.26. The first-order chi connectivity index (χ1) is 8.00. The third-order valence-electron chi connectivity index (χ3n) is 2.27. The fourth-order valence-electron chi connectivity index (χ4n) is 1.45. The molecular formula is C12H7F4N. The Balaban J connectivity index is 2.68. The predicted octanol–water partition coefficient (Wildman–Crippen LogP) is 3.61. The summed E-state index contributed by atoms with van der Waals surface area (Å²) < 4.78 is 52.2. The molecule has 0 N–H and O–H groups in total. The minimum atomic E-state index is -1.83. The molecule has 1 nitrogen and oxygen atoms in total. The predicted molar refractivity (Wildman–Crippen MR) is 54.2 cm³/mol. The number of aryl methyl sites for hydroxylation is 1. The quantitative estimate of drug-likeness (QED) is 0.422. The summed E-state index contributed by atoms with van der Waals surface area (Å²) in [5, 5.41) is 0. The van der Waals surface area contributed by atoms with E-state index in [1.54, 1.807) is 19.1 Å². The van der Waals surface area contributed by atoms with E-state index in [2.05, 4.69) is 4.98 Å². The Morgan fingerprint density at radius 3 is 2.29 bits per heavy atom. The first-order valence-corrected chi connectivity index (χ1v) is 4.77. The highest BCUT2D eigenvalue weighted by molar-refractivity contribution is 5.60.